The van der Waals surface area contributed by atoms with E-state index in [1.807, 2.05) is 13.8 Å². The van der Waals surface area contributed by atoms with Crippen LogP contribution in [0.3, 0.4) is 0 Å². The first kappa shape index (κ1) is 15.2. The van der Waals surface area contributed by atoms with Gasteiger partial charge in [-0.25, -0.2) is 4.98 Å². The lowest BCUT2D eigenvalue weighted by atomic mass is 10.0. The Hall–Kier alpha value is -0.840. The lowest BCUT2D eigenvalue weighted by Gasteiger charge is -2.21. The predicted octanol–water partition coefficient (Wildman–Crippen LogP) is 2.53. The SMILES string of the molecule is CC(C)C(CCO)NC(=O)c1ccc(Cl)nc1Cl. The molecule has 100 valence electrons. The summed E-state index contributed by atoms with van der Waals surface area (Å²) in [6.45, 7) is 3.97. The fraction of sp³-hybridized carbons (Fsp3) is 0.500. The maximum Gasteiger partial charge on any atom is 0.254 e. The maximum atomic E-state index is 12.0. The van der Waals surface area contributed by atoms with Crippen LogP contribution < -0.4 is 5.32 Å². The molecule has 0 saturated carbocycles. The fourth-order valence-corrected chi connectivity index (χ4v) is 1.97. The number of hydrogen-bond acceptors (Lipinski definition) is 3. The first-order valence-corrected chi connectivity index (χ1v) is 6.45. The van der Waals surface area contributed by atoms with Crippen LogP contribution in [0.25, 0.3) is 0 Å². The van der Waals surface area contributed by atoms with Gasteiger partial charge in [0.2, 0.25) is 0 Å². The van der Waals surface area contributed by atoms with Crippen LogP contribution in [-0.2, 0) is 0 Å². The molecule has 18 heavy (non-hydrogen) atoms. The van der Waals surface area contributed by atoms with E-state index in [4.69, 9.17) is 28.3 Å². The van der Waals surface area contributed by atoms with Crippen molar-refractivity contribution in [2.75, 3.05) is 6.61 Å². The van der Waals surface area contributed by atoms with Gasteiger partial charge in [-0.3, -0.25) is 4.79 Å². The van der Waals surface area contributed by atoms with Crippen LogP contribution in [0.5, 0.6) is 0 Å². The van der Waals surface area contributed by atoms with Crippen LogP contribution in [0, 0.1) is 5.92 Å². The third-order valence-corrected chi connectivity index (χ3v) is 3.12. The number of hydrogen-bond donors (Lipinski definition) is 2. The molecule has 0 aliphatic carbocycles. The Kier molecular flexibility index (Phi) is 5.85. The molecule has 0 aliphatic heterocycles. The van der Waals surface area contributed by atoms with Gasteiger partial charge < -0.3 is 10.4 Å². The Balaban J connectivity index is 2.80. The summed E-state index contributed by atoms with van der Waals surface area (Å²) in [4.78, 5) is 15.8. The fourth-order valence-electron chi connectivity index (χ4n) is 1.54. The van der Waals surface area contributed by atoms with Crippen LogP contribution in [0.1, 0.15) is 30.6 Å². The smallest absolute Gasteiger partial charge is 0.254 e. The molecule has 1 atom stereocenters. The van der Waals surface area contributed by atoms with Crippen molar-refractivity contribution in [2.45, 2.75) is 26.3 Å². The first-order valence-electron chi connectivity index (χ1n) is 5.69. The van der Waals surface area contributed by atoms with Gasteiger partial charge in [-0.1, -0.05) is 37.0 Å². The van der Waals surface area contributed by atoms with Crippen molar-refractivity contribution in [3.63, 3.8) is 0 Å². The Bertz CT molecular complexity index is 425. The highest BCUT2D eigenvalue weighted by molar-refractivity contribution is 6.34. The zero-order valence-corrected chi connectivity index (χ0v) is 11.8. The van der Waals surface area contributed by atoms with Crippen molar-refractivity contribution in [3.05, 3.63) is 28.0 Å². The molecule has 1 aromatic rings. The van der Waals surface area contributed by atoms with Gasteiger partial charge in [-0.05, 0) is 24.5 Å². The third-order valence-electron chi connectivity index (χ3n) is 2.62. The Morgan fingerprint density at radius 1 is 1.44 bits per heavy atom. The van der Waals surface area contributed by atoms with Crippen LogP contribution in [0.4, 0.5) is 0 Å². The summed E-state index contributed by atoms with van der Waals surface area (Å²) in [7, 11) is 0. The number of rotatable bonds is 5. The van der Waals surface area contributed by atoms with Gasteiger partial charge in [-0.2, -0.15) is 0 Å². The maximum absolute atomic E-state index is 12.0. The van der Waals surface area contributed by atoms with Gasteiger partial charge in [0.05, 0.1) is 5.56 Å². The summed E-state index contributed by atoms with van der Waals surface area (Å²) in [6, 6.07) is 2.94. The summed E-state index contributed by atoms with van der Waals surface area (Å²) in [5.74, 6) is -0.0866. The van der Waals surface area contributed by atoms with Gasteiger partial charge in [-0.15, -0.1) is 0 Å². The number of aromatic nitrogens is 1. The quantitative estimate of drug-likeness (QED) is 0.819. The molecule has 6 heteroatoms. The molecule has 1 unspecified atom stereocenters. The minimum atomic E-state index is -0.309. The van der Waals surface area contributed by atoms with E-state index in [1.54, 1.807) is 0 Å². The molecule has 0 saturated heterocycles. The number of halogens is 2. The highest BCUT2D eigenvalue weighted by Crippen LogP contribution is 2.17. The molecular formula is C12H16Cl2N2O2. The van der Waals surface area contributed by atoms with Crippen LogP contribution in [0.15, 0.2) is 12.1 Å². The lowest BCUT2D eigenvalue weighted by Crippen LogP contribution is -2.39. The van der Waals surface area contributed by atoms with Gasteiger partial charge >= 0.3 is 0 Å². The number of aliphatic hydroxyl groups is 1. The number of nitrogens with zero attached hydrogens (tertiary/aromatic N) is 1. The minimum Gasteiger partial charge on any atom is -0.396 e. The van der Waals surface area contributed by atoms with Crippen LogP contribution in [-0.4, -0.2) is 28.6 Å². The molecule has 1 aromatic heterocycles. The zero-order valence-electron chi connectivity index (χ0n) is 10.3. The molecule has 2 N–H and O–H groups in total. The van der Waals surface area contributed by atoms with Crippen molar-refractivity contribution < 1.29 is 9.90 Å². The standard InChI is InChI=1S/C12H16Cl2N2O2/c1-7(2)9(5-6-17)15-12(18)8-3-4-10(13)16-11(8)14/h3-4,7,9,17H,5-6H2,1-2H3,(H,15,18). The van der Waals surface area contributed by atoms with E-state index in [1.165, 1.54) is 12.1 Å². The number of pyridine rings is 1. The predicted molar refractivity (Wildman–Crippen MR) is 72.1 cm³/mol. The first-order chi connectivity index (χ1) is 8.45. The van der Waals surface area contributed by atoms with Crippen LogP contribution >= 0.6 is 23.2 Å². The molecule has 0 aromatic carbocycles. The largest absolute Gasteiger partial charge is 0.396 e. The average Bonchev–Trinajstić information content (AvgIpc) is 2.27. The average molecular weight is 291 g/mol. The van der Waals surface area contributed by atoms with Gasteiger partial charge in [0, 0.05) is 12.6 Å². The van der Waals surface area contributed by atoms with Crippen molar-refractivity contribution >= 4 is 29.1 Å². The van der Waals surface area contributed by atoms with Gasteiger partial charge in [0.1, 0.15) is 10.3 Å². The summed E-state index contributed by atoms with van der Waals surface area (Å²) >= 11 is 11.5. The summed E-state index contributed by atoms with van der Waals surface area (Å²) < 4.78 is 0. The Labute approximate surface area is 116 Å². The molecule has 0 aliphatic rings. The van der Waals surface area contributed by atoms with Crippen molar-refractivity contribution in [1.82, 2.24) is 10.3 Å². The second-order valence-electron chi connectivity index (χ2n) is 4.31. The molecule has 0 radical (unpaired) electrons. The number of carbonyl (C=O) groups excluding carboxylic acids is 1. The molecule has 0 fully saturated rings. The number of amides is 1. The number of nitrogens with one attached hydrogen (secondary N) is 1. The third kappa shape index (κ3) is 4.12. The van der Waals surface area contributed by atoms with E-state index < -0.39 is 0 Å². The van der Waals surface area contributed by atoms with Crippen molar-refractivity contribution in [2.24, 2.45) is 5.92 Å². The van der Waals surface area contributed by atoms with Crippen LogP contribution in [0.2, 0.25) is 10.3 Å². The molecule has 1 amide bonds. The Morgan fingerprint density at radius 3 is 2.61 bits per heavy atom. The van der Waals surface area contributed by atoms with Gasteiger partial charge in [0.25, 0.3) is 5.91 Å². The second kappa shape index (κ2) is 6.92. The van der Waals surface area contributed by atoms with Gasteiger partial charge in [0.15, 0.2) is 0 Å². The second-order valence-corrected chi connectivity index (χ2v) is 5.05. The topological polar surface area (TPSA) is 62.2 Å². The highest BCUT2D eigenvalue weighted by Gasteiger charge is 2.18. The minimum absolute atomic E-state index is 0.0235. The normalized spacial score (nSPS) is 12.6. The van der Waals surface area contributed by atoms with E-state index in [0.29, 0.717) is 6.42 Å². The Morgan fingerprint density at radius 2 is 2.11 bits per heavy atom. The molecule has 1 rings (SSSR count). The van der Waals surface area contributed by atoms with E-state index >= 15 is 0 Å². The molecule has 1 heterocycles. The zero-order chi connectivity index (χ0) is 13.7. The monoisotopic (exact) mass is 290 g/mol. The number of aliphatic hydroxyl groups excluding tert-OH is 1. The van der Waals surface area contributed by atoms with Crippen molar-refractivity contribution in [1.29, 1.82) is 0 Å². The highest BCUT2D eigenvalue weighted by atomic mass is 35.5. The van der Waals surface area contributed by atoms with E-state index in [9.17, 15) is 4.79 Å². The summed E-state index contributed by atoms with van der Waals surface area (Å²) in [5.41, 5.74) is 0.282. The summed E-state index contributed by atoms with van der Waals surface area (Å²) in [5, 5.41) is 12.1. The van der Waals surface area contributed by atoms with Crippen molar-refractivity contribution in [3.8, 4) is 0 Å². The molecule has 0 bridgehead atoms. The lowest BCUT2D eigenvalue weighted by molar-refractivity contribution is 0.0916. The molecular weight excluding hydrogens is 275 g/mol. The van der Waals surface area contributed by atoms with E-state index in [0.717, 1.165) is 0 Å². The molecule has 0 spiro atoms. The number of carbonyl (C=O) groups is 1. The van der Waals surface area contributed by atoms with E-state index in [2.05, 4.69) is 10.3 Å². The summed E-state index contributed by atoms with van der Waals surface area (Å²) in [6.07, 6.45) is 0.502. The molecule has 4 nitrogen and oxygen atoms in total. The van der Waals surface area contributed by atoms with E-state index in [-0.39, 0.29) is 40.3 Å².